The molecule has 0 fully saturated rings. The van der Waals surface area contributed by atoms with Crippen molar-refractivity contribution in [1.82, 2.24) is 10.6 Å². The minimum atomic E-state index is 0.187. The van der Waals surface area contributed by atoms with Gasteiger partial charge in [0, 0.05) is 12.6 Å². The number of nitrogens with one attached hydrogen (secondary N) is 2. The molecule has 2 unspecified atom stereocenters. The van der Waals surface area contributed by atoms with Crippen LogP contribution in [0.2, 0.25) is 0 Å². The van der Waals surface area contributed by atoms with E-state index in [2.05, 4.69) is 120 Å². The van der Waals surface area contributed by atoms with E-state index >= 15 is 0 Å². The highest BCUT2D eigenvalue weighted by Gasteiger charge is 2.25. The Hall–Kier alpha value is -2.06. The van der Waals surface area contributed by atoms with E-state index in [4.69, 9.17) is 0 Å². The van der Waals surface area contributed by atoms with Gasteiger partial charge in [-0.1, -0.05) is 110 Å². The zero-order chi connectivity index (χ0) is 25.5. The van der Waals surface area contributed by atoms with E-state index in [1.807, 2.05) is 0 Å². The van der Waals surface area contributed by atoms with Crippen molar-refractivity contribution in [1.29, 1.82) is 0 Å². The van der Waals surface area contributed by atoms with E-state index in [-0.39, 0.29) is 10.8 Å². The highest BCUT2D eigenvalue weighted by Crippen LogP contribution is 2.37. The average molecular weight is 475 g/mol. The van der Waals surface area contributed by atoms with E-state index in [0.29, 0.717) is 12.1 Å². The van der Waals surface area contributed by atoms with Crippen LogP contribution in [0.1, 0.15) is 87.0 Å². The molecule has 0 heterocycles. The Kier molecular flexibility index (Phi) is 9.64. The standard InChI is InChI=1S/C33H50N2/c1-25(2)20-21-33(6,7)27-14-17-29(18-15-27)34-22-11-23-35-31-19-16-28(32(3,4)5)24-30(31)26-12-9-8-10-13-26/h8-9,11-12,14-17,23-25,29,31,34-35H,10,13,18-22H2,1-7H3/b23-11+. The predicted octanol–water partition coefficient (Wildman–Crippen LogP) is 8.34. The summed E-state index contributed by atoms with van der Waals surface area (Å²) in [6.07, 6.45) is 30.2. The maximum atomic E-state index is 3.70. The first kappa shape index (κ1) is 27.5. The molecule has 2 nitrogen and oxygen atoms in total. The Morgan fingerprint density at radius 3 is 2.46 bits per heavy atom. The van der Waals surface area contributed by atoms with Gasteiger partial charge >= 0.3 is 0 Å². The number of hydrogen-bond acceptors (Lipinski definition) is 2. The van der Waals surface area contributed by atoms with Crippen LogP contribution < -0.4 is 10.6 Å². The van der Waals surface area contributed by atoms with Crippen molar-refractivity contribution in [2.45, 2.75) is 99.1 Å². The molecule has 2 N–H and O–H groups in total. The smallest absolute Gasteiger partial charge is 0.0545 e. The maximum absolute atomic E-state index is 3.70. The Bertz CT molecular complexity index is 925. The average Bonchev–Trinajstić information content (AvgIpc) is 2.83. The van der Waals surface area contributed by atoms with Gasteiger partial charge in [0.2, 0.25) is 0 Å². The van der Waals surface area contributed by atoms with Crippen LogP contribution in [0.5, 0.6) is 0 Å². The fourth-order valence-corrected chi connectivity index (χ4v) is 5.07. The van der Waals surface area contributed by atoms with Gasteiger partial charge in [0.1, 0.15) is 0 Å². The quantitative estimate of drug-likeness (QED) is 0.332. The van der Waals surface area contributed by atoms with Crippen molar-refractivity contribution in [3.63, 3.8) is 0 Å². The molecule has 0 aromatic carbocycles. The topological polar surface area (TPSA) is 24.1 Å². The maximum Gasteiger partial charge on any atom is 0.0545 e. The van der Waals surface area contributed by atoms with E-state index < -0.39 is 0 Å². The molecule has 192 valence electrons. The lowest BCUT2D eigenvalue weighted by Gasteiger charge is -2.31. The first-order valence-electron chi connectivity index (χ1n) is 13.9. The molecule has 35 heavy (non-hydrogen) atoms. The molecule has 0 aromatic rings. The van der Waals surface area contributed by atoms with E-state index in [1.54, 1.807) is 0 Å². The van der Waals surface area contributed by atoms with Crippen molar-refractivity contribution in [2.75, 3.05) is 6.54 Å². The fourth-order valence-electron chi connectivity index (χ4n) is 5.07. The van der Waals surface area contributed by atoms with Crippen molar-refractivity contribution < 1.29 is 0 Å². The van der Waals surface area contributed by atoms with Crippen LogP contribution in [-0.4, -0.2) is 18.6 Å². The van der Waals surface area contributed by atoms with Crippen molar-refractivity contribution >= 4 is 0 Å². The van der Waals surface area contributed by atoms with Crippen molar-refractivity contribution in [3.05, 3.63) is 83.2 Å². The van der Waals surface area contributed by atoms with Crippen LogP contribution in [0.3, 0.4) is 0 Å². The van der Waals surface area contributed by atoms with Crippen molar-refractivity contribution in [3.8, 4) is 0 Å². The largest absolute Gasteiger partial charge is 0.384 e. The van der Waals surface area contributed by atoms with Crippen LogP contribution in [-0.2, 0) is 0 Å². The molecule has 0 aromatic heterocycles. The van der Waals surface area contributed by atoms with Crippen LogP contribution in [0, 0.1) is 16.7 Å². The second-order valence-corrected chi connectivity index (χ2v) is 12.6. The Labute approximate surface area is 216 Å². The normalized spacial score (nSPS) is 23.3. The first-order valence-corrected chi connectivity index (χ1v) is 13.9. The van der Waals surface area contributed by atoms with Crippen LogP contribution in [0.15, 0.2) is 83.2 Å². The summed E-state index contributed by atoms with van der Waals surface area (Å²) >= 11 is 0. The molecule has 0 bridgehead atoms. The number of allylic oxidation sites excluding steroid dienone is 7. The van der Waals surface area contributed by atoms with E-state index in [1.165, 1.54) is 35.1 Å². The summed E-state index contributed by atoms with van der Waals surface area (Å²) in [5, 5.41) is 7.38. The molecule has 0 saturated carbocycles. The van der Waals surface area contributed by atoms with Crippen molar-refractivity contribution in [2.24, 2.45) is 16.7 Å². The second kappa shape index (κ2) is 12.3. The molecule has 0 aliphatic heterocycles. The van der Waals surface area contributed by atoms with Crippen LogP contribution in [0.4, 0.5) is 0 Å². The SMILES string of the molecule is CC(C)CCC(C)(C)C1=CCC(NC/C=C/NC2CC=C(C(C)(C)C)C=C2C2=CC=CCC2)C=C1. The van der Waals surface area contributed by atoms with Gasteiger partial charge in [-0.05, 0) is 77.3 Å². The molecule has 0 amide bonds. The number of rotatable bonds is 10. The number of hydrogen-bond donors (Lipinski definition) is 2. The van der Waals surface area contributed by atoms with Gasteiger partial charge in [0.25, 0.3) is 0 Å². The summed E-state index contributed by atoms with van der Waals surface area (Å²) in [6, 6.07) is 0.772. The van der Waals surface area contributed by atoms with Gasteiger partial charge in [0.05, 0.1) is 6.04 Å². The summed E-state index contributed by atoms with van der Waals surface area (Å²) in [5.74, 6) is 0.769. The molecule has 2 heteroatoms. The van der Waals surface area contributed by atoms with Crippen LogP contribution in [0.25, 0.3) is 0 Å². The molecule has 3 rings (SSSR count). The van der Waals surface area contributed by atoms with Gasteiger partial charge in [-0.2, -0.15) is 0 Å². The molecule has 3 aliphatic rings. The van der Waals surface area contributed by atoms with Gasteiger partial charge in [0.15, 0.2) is 0 Å². The molecule has 0 radical (unpaired) electrons. The molecule has 0 spiro atoms. The van der Waals surface area contributed by atoms with Gasteiger partial charge in [-0.3, -0.25) is 0 Å². The zero-order valence-electron chi connectivity index (χ0n) is 23.5. The Morgan fingerprint density at radius 2 is 1.83 bits per heavy atom. The highest BCUT2D eigenvalue weighted by molar-refractivity contribution is 5.47. The minimum absolute atomic E-state index is 0.187. The summed E-state index contributed by atoms with van der Waals surface area (Å²) < 4.78 is 0. The molecule has 0 saturated heterocycles. The fraction of sp³-hybridized carbons (Fsp3) is 0.576. The molecule has 3 aliphatic carbocycles. The van der Waals surface area contributed by atoms with E-state index in [0.717, 1.165) is 38.1 Å². The minimum Gasteiger partial charge on any atom is -0.384 e. The predicted molar refractivity (Wildman–Crippen MR) is 154 cm³/mol. The summed E-state index contributed by atoms with van der Waals surface area (Å²) in [4.78, 5) is 0. The van der Waals surface area contributed by atoms with Gasteiger partial charge in [-0.15, -0.1) is 0 Å². The Balaban J connectivity index is 1.49. The Morgan fingerprint density at radius 1 is 1.06 bits per heavy atom. The lowest BCUT2D eigenvalue weighted by atomic mass is 9.76. The highest BCUT2D eigenvalue weighted by atomic mass is 14.9. The lowest BCUT2D eigenvalue weighted by molar-refractivity contribution is 0.366. The third kappa shape index (κ3) is 8.24. The van der Waals surface area contributed by atoms with Gasteiger partial charge < -0.3 is 10.6 Å². The third-order valence-electron chi connectivity index (χ3n) is 7.65. The van der Waals surface area contributed by atoms with Gasteiger partial charge in [-0.25, -0.2) is 0 Å². The summed E-state index contributed by atoms with van der Waals surface area (Å²) in [5.41, 5.74) is 6.36. The lowest BCUT2D eigenvalue weighted by Crippen LogP contribution is -2.31. The van der Waals surface area contributed by atoms with E-state index in [9.17, 15) is 0 Å². The zero-order valence-corrected chi connectivity index (χ0v) is 23.5. The molecular weight excluding hydrogens is 424 g/mol. The summed E-state index contributed by atoms with van der Waals surface area (Å²) in [7, 11) is 0. The second-order valence-electron chi connectivity index (χ2n) is 12.6. The molecular formula is C33H50N2. The molecule has 2 atom stereocenters. The first-order chi connectivity index (χ1) is 16.6. The monoisotopic (exact) mass is 474 g/mol. The van der Waals surface area contributed by atoms with Crippen LogP contribution >= 0.6 is 0 Å². The summed E-state index contributed by atoms with van der Waals surface area (Å²) in [6.45, 7) is 17.2. The third-order valence-corrected chi connectivity index (χ3v) is 7.65.